The largest absolute Gasteiger partial charge is 0.508 e. The summed E-state index contributed by atoms with van der Waals surface area (Å²) >= 11 is 0. The Morgan fingerprint density at radius 2 is 2.00 bits per heavy atom. The highest BCUT2D eigenvalue weighted by molar-refractivity contribution is 5.66. The van der Waals surface area contributed by atoms with Crippen LogP contribution in [0.25, 0.3) is 0 Å². The Morgan fingerprint density at radius 1 is 1.37 bits per heavy atom. The quantitative estimate of drug-likeness (QED) is 0.726. The lowest BCUT2D eigenvalue weighted by Gasteiger charge is -2.21. The average Bonchev–Trinajstić information content (AvgIpc) is 2.29. The van der Waals surface area contributed by atoms with E-state index in [9.17, 15) is 15.0 Å². The minimum Gasteiger partial charge on any atom is -0.508 e. The van der Waals surface area contributed by atoms with Gasteiger partial charge in [-0.1, -0.05) is 18.2 Å². The molecule has 6 nitrogen and oxygen atoms in total. The molecule has 1 amide bonds. The maximum Gasteiger partial charge on any atom is 0.431 e. The summed E-state index contributed by atoms with van der Waals surface area (Å²) in [6, 6.07) is 6.39. The summed E-state index contributed by atoms with van der Waals surface area (Å²) in [5.41, 5.74) is 1.82. The summed E-state index contributed by atoms with van der Waals surface area (Å²) in [6.45, 7) is 4.77. The van der Waals surface area contributed by atoms with Crippen LogP contribution < -0.4 is 5.48 Å². The van der Waals surface area contributed by atoms with Gasteiger partial charge in [0.1, 0.15) is 17.5 Å². The molecule has 19 heavy (non-hydrogen) atoms. The Morgan fingerprint density at radius 3 is 2.53 bits per heavy atom. The van der Waals surface area contributed by atoms with Crippen molar-refractivity contribution in [1.82, 2.24) is 5.48 Å². The van der Waals surface area contributed by atoms with E-state index in [1.165, 1.54) is 6.07 Å². The summed E-state index contributed by atoms with van der Waals surface area (Å²) in [6.07, 6.45) is -1.63. The van der Waals surface area contributed by atoms with Crippen LogP contribution in [0.5, 0.6) is 5.75 Å². The Labute approximate surface area is 111 Å². The third kappa shape index (κ3) is 5.15. The number of hydroxylamine groups is 1. The van der Waals surface area contributed by atoms with Crippen molar-refractivity contribution in [3.63, 3.8) is 0 Å². The maximum absolute atomic E-state index is 11.4. The van der Waals surface area contributed by atoms with Crippen LogP contribution in [-0.4, -0.2) is 28.5 Å². The van der Waals surface area contributed by atoms with Crippen molar-refractivity contribution in [2.45, 2.75) is 32.5 Å². The molecule has 0 saturated heterocycles. The molecule has 0 aliphatic heterocycles. The third-order valence-electron chi connectivity index (χ3n) is 2.13. The number of ether oxygens (including phenoxy) is 1. The van der Waals surface area contributed by atoms with Crippen LogP contribution in [0.3, 0.4) is 0 Å². The highest BCUT2D eigenvalue weighted by atomic mass is 16.7. The zero-order chi connectivity index (χ0) is 14.5. The van der Waals surface area contributed by atoms with Gasteiger partial charge >= 0.3 is 6.09 Å². The third-order valence-corrected chi connectivity index (χ3v) is 2.13. The lowest BCUT2D eigenvalue weighted by molar-refractivity contribution is -0.0617. The Hall–Kier alpha value is -1.79. The second kappa shape index (κ2) is 6.40. The van der Waals surface area contributed by atoms with Crippen LogP contribution in [0.4, 0.5) is 4.79 Å². The van der Waals surface area contributed by atoms with Gasteiger partial charge in [0.25, 0.3) is 0 Å². The highest BCUT2D eigenvalue weighted by Gasteiger charge is 2.20. The Bertz CT molecular complexity index is 427. The van der Waals surface area contributed by atoms with Gasteiger partial charge < -0.3 is 14.9 Å². The van der Waals surface area contributed by atoms with Crippen LogP contribution in [0.1, 0.15) is 32.4 Å². The first-order valence-electron chi connectivity index (χ1n) is 5.87. The standard InChI is InChI=1S/C13H19NO5/c1-13(2,3)18-12(17)14-19-11(8-15)9-6-4-5-7-10(9)16/h4-7,11,15-16H,8H2,1-3H3,(H,14,17). The number of carbonyl (C=O) groups excluding carboxylic acids is 1. The smallest absolute Gasteiger partial charge is 0.431 e. The SMILES string of the molecule is CC(C)(C)OC(=O)NOC(CO)c1ccccc1O. The number of aliphatic hydroxyl groups is 1. The summed E-state index contributed by atoms with van der Waals surface area (Å²) in [5, 5.41) is 18.8. The first kappa shape index (κ1) is 15.3. The van der Waals surface area contributed by atoms with E-state index in [2.05, 4.69) is 5.48 Å². The van der Waals surface area contributed by atoms with Crippen molar-refractivity contribution < 1.29 is 24.6 Å². The molecule has 6 heteroatoms. The molecule has 1 rings (SSSR count). The van der Waals surface area contributed by atoms with Crippen molar-refractivity contribution in [2.24, 2.45) is 0 Å². The molecule has 106 valence electrons. The van der Waals surface area contributed by atoms with E-state index in [0.717, 1.165) is 0 Å². The molecule has 1 unspecified atom stereocenters. The number of hydrogen-bond acceptors (Lipinski definition) is 5. The minimum atomic E-state index is -0.867. The molecule has 0 aromatic heterocycles. The zero-order valence-corrected chi connectivity index (χ0v) is 11.2. The van der Waals surface area contributed by atoms with Gasteiger partial charge in [0, 0.05) is 5.56 Å². The Balaban J connectivity index is 2.59. The number of phenols is 1. The molecule has 0 heterocycles. The van der Waals surface area contributed by atoms with E-state index in [1.807, 2.05) is 0 Å². The van der Waals surface area contributed by atoms with Gasteiger partial charge in [-0.15, -0.1) is 0 Å². The molecule has 0 aliphatic rings. The number of rotatable bonds is 4. The van der Waals surface area contributed by atoms with E-state index in [0.29, 0.717) is 5.56 Å². The van der Waals surface area contributed by atoms with Gasteiger partial charge in [0.05, 0.1) is 6.61 Å². The fourth-order valence-corrected chi connectivity index (χ4v) is 1.38. The Kier molecular flexibility index (Phi) is 5.14. The topological polar surface area (TPSA) is 88.0 Å². The fraction of sp³-hybridized carbons (Fsp3) is 0.462. The number of phenolic OH excluding ortho intramolecular Hbond substituents is 1. The second-order valence-corrected chi connectivity index (χ2v) is 4.95. The average molecular weight is 269 g/mol. The number of carbonyl (C=O) groups is 1. The molecule has 3 N–H and O–H groups in total. The molecule has 0 bridgehead atoms. The number of aliphatic hydroxyl groups excluding tert-OH is 1. The monoisotopic (exact) mass is 269 g/mol. The van der Waals surface area contributed by atoms with E-state index < -0.39 is 24.4 Å². The normalized spacial score (nSPS) is 12.8. The van der Waals surface area contributed by atoms with Crippen molar-refractivity contribution in [3.8, 4) is 5.75 Å². The lowest BCUT2D eigenvalue weighted by atomic mass is 10.1. The number of benzene rings is 1. The molecule has 0 aliphatic carbocycles. The fourth-order valence-electron chi connectivity index (χ4n) is 1.38. The van der Waals surface area contributed by atoms with Crippen molar-refractivity contribution >= 4 is 6.09 Å². The highest BCUT2D eigenvalue weighted by Crippen LogP contribution is 2.25. The summed E-state index contributed by atoms with van der Waals surface area (Å²) in [5.74, 6) is -0.0208. The van der Waals surface area contributed by atoms with E-state index in [4.69, 9.17) is 9.57 Å². The first-order chi connectivity index (χ1) is 8.83. The molecule has 1 aromatic carbocycles. The van der Waals surface area contributed by atoms with Crippen LogP contribution in [0, 0.1) is 0 Å². The van der Waals surface area contributed by atoms with Crippen molar-refractivity contribution in [2.75, 3.05) is 6.61 Å². The van der Waals surface area contributed by atoms with Gasteiger partial charge in [0.15, 0.2) is 0 Å². The number of aromatic hydroxyl groups is 1. The van der Waals surface area contributed by atoms with Crippen molar-refractivity contribution in [3.05, 3.63) is 29.8 Å². The predicted molar refractivity (Wildman–Crippen MR) is 68.4 cm³/mol. The van der Waals surface area contributed by atoms with Gasteiger partial charge in [-0.2, -0.15) is 5.48 Å². The molecular weight excluding hydrogens is 250 g/mol. The number of para-hydroxylation sites is 1. The summed E-state index contributed by atoms with van der Waals surface area (Å²) in [4.78, 5) is 16.4. The molecule has 1 aromatic rings. The molecule has 0 fully saturated rings. The molecular formula is C13H19NO5. The van der Waals surface area contributed by atoms with Crippen LogP contribution >= 0.6 is 0 Å². The van der Waals surface area contributed by atoms with Gasteiger partial charge in [-0.05, 0) is 26.8 Å². The van der Waals surface area contributed by atoms with Crippen molar-refractivity contribution in [1.29, 1.82) is 0 Å². The van der Waals surface area contributed by atoms with Gasteiger partial charge in [-0.25, -0.2) is 4.79 Å². The second-order valence-electron chi connectivity index (χ2n) is 4.95. The lowest BCUT2D eigenvalue weighted by Crippen LogP contribution is -2.34. The van der Waals surface area contributed by atoms with Crippen LogP contribution in [0.15, 0.2) is 24.3 Å². The van der Waals surface area contributed by atoms with Gasteiger partial charge in [0.2, 0.25) is 0 Å². The zero-order valence-electron chi connectivity index (χ0n) is 11.2. The minimum absolute atomic E-state index is 0.0208. The summed E-state index contributed by atoms with van der Waals surface area (Å²) < 4.78 is 4.98. The van der Waals surface area contributed by atoms with E-state index in [1.54, 1.807) is 39.0 Å². The molecule has 1 atom stereocenters. The maximum atomic E-state index is 11.4. The number of amides is 1. The van der Waals surface area contributed by atoms with Crippen LogP contribution in [-0.2, 0) is 9.57 Å². The number of hydrogen-bond donors (Lipinski definition) is 3. The number of nitrogens with one attached hydrogen (secondary N) is 1. The molecule has 0 saturated carbocycles. The van der Waals surface area contributed by atoms with E-state index >= 15 is 0 Å². The van der Waals surface area contributed by atoms with Gasteiger partial charge in [-0.3, -0.25) is 4.84 Å². The van der Waals surface area contributed by atoms with Crippen LogP contribution in [0.2, 0.25) is 0 Å². The summed E-state index contributed by atoms with van der Waals surface area (Å²) in [7, 11) is 0. The molecule has 0 radical (unpaired) electrons. The first-order valence-corrected chi connectivity index (χ1v) is 5.87. The predicted octanol–water partition coefficient (Wildman–Crippen LogP) is 1.88. The molecule has 0 spiro atoms. The van der Waals surface area contributed by atoms with E-state index in [-0.39, 0.29) is 5.75 Å².